The van der Waals surface area contributed by atoms with Crippen LogP contribution in [0.4, 0.5) is 10.2 Å². The first-order valence-electron chi connectivity index (χ1n) is 12.9. The molecule has 2 aliphatic rings. The topological polar surface area (TPSA) is 111 Å². The molecule has 2 N–H and O–H groups in total. The summed E-state index contributed by atoms with van der Waals surface area (Å²) in [6, 6.07) is 10.5. The summed E-state index contributed by atoms with van der Waals surface area (Å²) < 4.78 is 27.1. The number of nitrogens with zero attached hydrogens (tertiary/aromatic N) is 5. The van der Waals surface area contributed by atoms with E-state index in [-0.39, 0.29) is 29.4 Å². The molecule has 2 fully saturated rings. The van der Waals surface area contributed by atoms with E-state index in [1.54, 1.807) is 18.4 Å². The molecule has 196 valence electrons. The number of aromatic hydroxyl groups is 1. The van der Waals surface area contributed by atoms with Gasteiger partial charge in [-0.05, 0) is 50.7 Å². The van der Waals surface area contributed by atoms with E-state index in [0.29, 0.717) is 65.9 Å². The molecule has 0 saturated carbocycles. The highest BCUT2D eigenvalue weighted by molar-refractivity contribution is 6.14. The maximum atomic E-state index is 15.0. The summed E-state index contributed by atoms with van der Waals surface area (Å²) in [4.78, 5) is 14.0. The second-order valence-corrected chi connectivity index (χ2v) is 9.99. The van der Waals surface area contributed by atoms with E-state index in [4.69, 9.17) is 19.1 Å². The van der Waals surface area contributed by atoms with E-state index >= 15 is 0 Å². The number of phenolic OH excluding ortho intramolecular Hbond substituents is 1. The van der Waals surface area contributed by atoms with Crippen LogP contribution in [0.1, 0.15) is 19.3 Å². The SMILES string of the molecule is CN1CCC[C@H]1COc1nc(N2CCN[C@@H](CC#N)C2)c2c(cc(-c3c(O)cccc3F)c3ccoc32)n1. The Morgan fingerprint density at radius 2 is 2.18 bits per heavy atom. The summed E-state index contributed by atoms with van der Waals surface area (Å²) in [5.41, 5.74) is 1.60. The van der Waals surface area contributed by atoms with Crippen LogP contribution in [-0.4, -0.2) is 71.9 Å². The molecule has 0 bridgehead atoms. The van der Waals surface area contributed by atoms with Crippen LogP contribution >= 0.6 is 0 Å². The van der Waals surface area contributed by atoms with Crippen molar-refractivity contribution in [3.05, 3.63) is 42.4 Å². The van der Waals surface area contributed by atoms with Crippen molar-refractivity contribution in [1.82, 2.24) is 20.2 Å². The molecule has 10 heteroatoms. The monoisotopic (exact) mass is 516 g/mol. The minimum Gasteiger partial charge on any atom is -0.507 e. The van der Waals surface area contributed by atoms with Crippen LogP contribution in [0.25, 0.3) is 33.0 Å². The molecule has 0 radical (unpaired) electrons. The predicted octanol–water partition coefficient (Wildman–Crippen LogP) is 4.05. The Balaban J connectivity index is 1.52. The number of likely N-dealkylation sites (tertiary alicyclic amines) is 1. The largest absolute Gasteiger partial charge is 0.507 e. The molecule has 0 amide bonds. The summed E-state index contributed by atoms with van der Waals surface area (Å²) in [7, 11) is 2.09. The third-order valence-corrected chi connectivity index (χ3v) is 7.59. The highest BCUT2D eigenvalue weighted by Crippen LogP contribution is 2.42. The Morgan fingerprint density at radius 1 is 1.29 bits per heavy atom. The van der Waals surface area contributed by atoms with Crippen LogP contribution in [0.15, 0.2) is 41.0 Å². The maximum Gasteiger partial charge on any atom is 0.319 e. The van der Waals surface area contributed by atoms with Gasteiger partial charge in [0.2, 0.25) is 0 Å². The third-order valence-electron chi connectivity index (χ3n) is 7.59. The normalized spacial score (nSPS) is 20.3. The van der Waals surface area contributed by atoms with Gasteiger partial charge in [-0.15, -0.1) is 0 Å². The minimum atomic E-state index is -0.539. The van der Waals surface area contributed by atoms with Gasteiger partial charge in [0.25, 0.3) is 0 Å². The lowest BCUT2D eigenvalue weighted by Crippen LogP contribution is -2.51. The summed E-state index contributed by atoms with van der Waals surface area (Å²) in [5, 5.41) is 24.5. The number of fused-ring (bicyclic) bond motifs is 3. The number of nitriles is 1. The van der Waals surface area contributed by atoms with E-state index in [1.807, 2.05) is 0 Å². The first-order valence-corrected chi connectivity index (χ1v) is 12.9. The summed E-state index contributed by atoms with van der Waals surface area (Å²) in [6.07, 6.45) is 4.10. The molecule has 9 nitrogen and oxygen atoms in total. The number of rotatable bonds is 6. The standard InChI is InChI=1S/C28H29FN6O3/c1-34-11-3-4-18(34)16-38-28-32-22-14-20(24-21(29)5-2-6-23(24)36)19-8-13-37-26(19)25(22)27(33-28)35-12-10-31-17(15-35)7-9-30/h2,5-6,8,13-14,17-18,31,36H,3-4,7,10-12,15-16H2,1H3/t17-,18-/m0/s1. The number of furan rings is 1. The van der Waals surface area contributed by atoms with Crippen molar-refractivity contribution in [1.29, 1.82) is 5.26 Å². The van der Waals surface area contributed by atoms with Gasteiger partial charge in [0.15, 0.2) is 0 Å². The average molecular weight is 517 g/mol. The van der Waals surface area contributed by atoms with Crippen molar-refractivity contribution < 1.29 is 18.7 Å². The zero-order valence-electron chi connectivity index (χ0n) is 21.2. The molecule has 0 aliphatic carbocycles. The zero-order valence-corrected chi connectivity index (χ0v) is 21.2. The van der Waals surface area contributed by atoms with Gasteiger partial charge in [-0.25, -0.2) is 4.39 Å². The number of anilines is 1. The Morgan fingerprint density at radius 3 is 2.97 bits per heavy atom. The molecule has 2 aromatic heterocycles. The van der Waals surface area contributed by atoms with E-state index in [0.717, 1.165) is 19.4 Å². The van der Waals surface area contributed by atoms with Gasteiger partial charge in [-0.3, -0.25) is 0 Å². The molecule has 0 unspecified atom stereocenters. The first-order chi connectivity index (χ1) is 18.5. The maximum absolute atomic E-state index is 15.0. The Hall–Kier alpha value is -3.94. The highest BCUT2D eigenvalue weighted by atomic mass is 19.1. The third kappa shape index (κ3) is 4.38. The van der Waals surface area contributed by atoms with Crippen LogP contribution in [-0.2, 0) is 0 Å². The Bertz CT molecular complexity index is 1510. The van der Waals surface area contributed by atoms with Gasteiger partial charge in [-0.1, -0.05) is 6.07 Å². The molecule has 6 rings (SSSR count). The molecular weight excluding hydrogens is 487 g/mol. The molecule has 4 aromatic rings. The van der Waals surface area contributed by atoms with Crippen LogP contribution in [0, 0.1) is 17.1 Å². The lowest BCUT2D eigenvalue weighted by Gasteiger charge is -2.34. The molecule has 0 spiro atoms. The van der Waals surface area contributed by atoms with Crippen molar-refractivity contribution in [2.45, 2.75) is 31.3 Å². The van der Waals surface area contributed by atoms with Gasteiger partial charge >= 0.3 is 6.01 Å². The van der Waals surface area contributed by atoms with Crippen LogP contribution in [0.2, 0.25) is 0 Å². The fourth-order valence-electron chi connectivity index (χ4n) is 5.60. The van der Waals surface area contributed by atoms with E-state index in [1.165, 1.54) is 18.2 Å². The number of ether oxygens (including phenoxy) is 1. The lowest BCUT2D eigenvalue weighted by molar-refractivity contribution is 0.188. The number of nitrogens with one attached hydrogen (secondary N) is 1. The number of aromatic nitrogens is 2. The van der Waals surface area contributed by atoms with Crippen molar-refractivity contribution in [2.75, 3.05) is 44.7 Å². The number of halogens is 1. The van der Waals surface area contributed by atoms with E-state index in [9.17, 15) is 14.8 Å². The second kappa shape index (κ2) is 10.1. The fraction of sp³-hybridized carbons (Fsp3) is 0.393. The number of piperazine rings is 1. The molecule has 2 aromatic carbocycles. The van der Waals surface area contributed by atoms with Gasteiger partial charge in [-0.2, -0.15) is 15.2 Å². The highest BCUT2D eigenvalue weighted by Gasteiger charge is 2.28. The smallest absolute Gasteiger partial charge is 0.319 e. The molecule has 38 heavy (non-hydrogen) atoms. The molecule has 2 saturated heterocycles. The molecule has 2 aliphatic heterocycles. The summed E-state index contributed by atoms with van der Waals surface area (Å²) >= 11 is 0. The quantitative estimate of drug-likeness (QED) is 0.392. The molecular formula is C28H29FN6O3. The first kappa shape index (κ1) is 24.4. The lowest BCUT2D eigenvalue weighted by atomic mass is 9.98. The van der Waals surface area contributed by atoms with Crippen LogP contribution in [0.5, 0.6) is 11.8 Å². The van der Waals surface area contributed by atoms with Crippen LogP contribution < -0.4 is 15.0 Å². The number of hydrogen-bond donors (Lipinski definition) is 2. The van der Waals surface area contributed by atoms with Crippen molar-refractivity contribution >= 4 is 27.7 Å². The van der Waals surface area contributed by atoms with Gasteiger partial charge in [0.1, 0.15) is 29.6 Å². The Kier molecular flexibility index (Phi) is 6.47. The van der Waals surface area contributed by atoms with Gasteiger partial charge < -0.3 is 29.4 Å². The molecule has 4 heterocycles. The number of likely N-dealkylation sites (N-methyl/N-ethyl adjacent to an activating group) is 1. The zero-order chi connectivity index (χ0) is 26.2. The van der Waals surface area contributed by atoms with E-state index in [2.05, 4.69) is 28.2 Å². The summed E-state index contributed by atoms with van der Waals surface area (Å²) in [5.74, 6) is -0.0508. The van der Waals surface area contributed by atoms with Gasteiger partial charge in [0, 0.05) is 42.7 Å². The van der Waals surface area contributed by atoms with Crippen molar-refractivity contribution in [3.63, 3.8) is 0 Å². The number of phenols is 1. The van der Waals surface area contributed by atoms with Crippen LogP contribution in [0.3, 0.4) is 0 Å². The second-order valence-electron chi connectivity index (χ2n) is 9.99. The average Bonchev–Trinajstić information content (AvgIpc) is 3.56. The van der Waals surface area contributed by atoms with E-state index < -0.39 is 5.82 Å². The predicted molar refractivity (Wildman–Crippen MR) is 142 cm³/mol. The summed E-state index contributed by atoms with van der Waals surface area (Å²) in [6.45, 7) is 3.46. The van der Waals surface area contributed by atoms with Crippen molar-refractivity contribution in [3.8, 4) is 29.0 Å². The fourth-order valence-corrected chi connectivity index (χ4v) is 5.60. The number of hydrogen-bond acceptors (Lipinski definition) is 9. The number of benzene rings is 2. The van der Waals surface area contributed by atoms with Gasteiger partial charge in [0.05, 0.1) is 35.2 Å². The Labute approximate surface area is 219 Å². The van der Waals surface area contributed by atoms with Crippen molar-refractivity contribution in [2.24, 2.45) is 0 Å². The minimum absolute atomic E-state index is 0.00278. The molecule has 2 atom stereocenters.